The lowest BCUT2D eigenvalue weighted by atomic mass is 10.1. The Balaban J connectivity index is 2.23. The second-order valence-electron chi connectivity index (χ2n) is 4.99. The first-order chi connectivity index (χ1) is 10.8. The summed E-state index contributed by atoms with van der Waals surface area (Å²) in [6.07, 6.45) is 0. The van der Waals surface area contributed by atoms with Gasteiger partial charge in [0.1, 0.15) is 0 Å². The van der Waals surface area contributed by atoms with Crippen LogP contribution in [0.15, 0.2) is 52.5 Å². The number of ether oxygens (including phenoxy) is 1. The molecule has 2 aromatic rings. The predicted octanol–water partition coefficient (Wildman–Crippen LogP) is 2.41. The normalized spacial score (nSPS) is 12.0. The number of aromatic hydroxyl groups is 1. The van der Waals surface area contributed by atoms with Gasteiger partial charge in [-0.2, -0.15) is 18.4 Å². The summed E-state index contributed by atoms with van der Waals surface area (Å²) in [5, 5.41) is 13.5. The van der Waals surface area contributed by atoms with E-state index in [-0.39, 0.29) is 10.6 Å². The summed E-state index contributed by atoms with van der Waals surface area (Å²) in [7, 11) is -2.29. The minimum absolute atomic E-state index is 0.00397. The van der Waals surface area contributed by atoms with E-state index in [1.54, 1.807) is 31.2 Å². The highest BCUT2D eigenvalue weighted by Gasteiger charge is 2.13. The van der Waals surface area contributed by atoms with Gasteiger partial charge in [-0.25, -0.2) is 0 Å². The van der Waals surface area contributed by atoms with Crippen LogP contribution in [0.25, 0.3) is 0 Å². The molecule has 2 N–H and O–H groups in total. The highest BCUT2D eigenvalue weighted by Crippen LogP contribution is 2.26. The van der Waals surface area contributed by atoms with Gasteiger partial charge in [-0.1, -0.05) is 17.7 Å². The lowest BCUT2D eigenvalue weighted by molar-refractivity contribution is 0.373. The number of phenols is 1. The maximum absolute atomic E-state index is 12.2. The fourth-order valence-electron chi connectivity index (χ4n) is 1.87. The van der Waals surface area contributed by atoms with Crippen LogP contribution in [0.5, 0.6) is 11.5 Å². The molecule has 0 aliphatic rings. The average Bonchev–Trinajstić information content (AvgIpc) is 2.53. The molecule has 2 rings (SSSR count). The maximum Gasteiger partial charge on any atom is 0.276 e. The number of methoxy groups -OCH3 is 1. The first-order valence-electron chi connectivity index (χ1n) is 6.83. The van der Waals surface area contributed by atoms with Gasteiger partial charge in [0.15, 0.2) is 11.5 Å². The first kappa shape index (κ1) is 16.8. The molecule has 0 aliphatic carbocycles. The third kappa shape index (κ3) is 4.01. The van der Waals surface area contributed by atoms with Gasteiger partial charge >= 0.3 is 0 Å². The number of hydrazone groups is 1. The summed E-state index contributed by atoms with van der Waals surface area (Å²) in [6, 6.07) is 11.1. The Morgan fingerprint density at radius 1 is 1.17 bits per heavy atom. The minimum Gasteiger partial charge on any atom is -0.504 e. The van der Waals surface area contributed by atoms with Gasteiger partial charge in [0.05, 0.1) is 17.7 Å². The summed E-state index contributed by atoms with van der Waals surface area (Å²) in [4.78, 5) is 2.34. The number of hydrogen-bond acceptors (Lipinski definition) is 5. The molecule has 0 bridgehead atoms. The number of rotatable bonds is 5. The molecule has 2 aromatic carbocycles. The quantitative estimate of drug-likeness (QED) is 0.649. The molecule has 0 heterocycles. The van der Waals surface area contributed by atoms with Crippen molar-refractivity contribution in [2.24, 2.45) is 5.10 Å². The molecule has 0 spiro atoms. The van der Waals surface area contributed by atoms with Crippen LogP contribution < -0.4 is 9.57 Å². The number of aryl methyl sites for hydroxylation is 1. The van der Waals surface area contributed by atoms with E-state index in [1.165, 1.54) is 25.3 Å². The Labute approximate surface area is 135 Å². The number of nitrogens with one attached hydrogen (secondary N) is 1. The second kappa shape index (κ2) is 6.70. The van der Waals surface area contributed by atoms with Crippen LogP contribution in [0, 0.1) is 6.92 Å². The van der Waals surface area contributed by atoms with E-state index in [0.717, 1.165) is 5.56 Å². The summed E-state index contributed by atoms with van der Waals surface area (Å²) in [5.74, 6) is 0.294. The standard InChI is InChI=1S/C16H18N2O4S/c1-11-4-7-14(8-5-11)23(20,21)18-17-12(2)13-6-9-15(19)16(10-13)22-3/h4-10,18-19H,1-3H3. The Bertz CT molecular complexity index is 828. The Morgan fingerprint density at radius 3 is 2.43 bits per heavy atom. The van der Waals surface area contributed by atoms with Crippen LogP contribution in [0.2, 0.25) is 0 Å². The molecule has 0 fully saturated rings. The molecule has 122 valence electrons. The van der Waals surface area contributed by atoms with Gasteiger partial charge in [0.25, 0.3) is 10.0 Å². The summed E-state index contributed by atoms with van der Waals surface area (Å²) in [6.45, 7) is 3.54. The highest BCUT2D eigenvalue weighted by atomic mass is 32.2. The van der Waals surface area contributed by atoms with Crippen LogP contribution >= 0.6 is 0 Å². The largest absolute Gasteiger partial charge is 0.504 e. The van der Waals surface area contributed by atoms with Crippen LogP contribution in [-0.4, -0.2) is 26.3 Å². The lowest BCUT2D eigenvalue weighted by Crippen LogP contribution is -2.20. The van der Waals surface area contributed by atoms with Crippen molar-refractivity contribution in [3.8, 4) is 11.5 Å². The van der Waals surface area contributed by atoms with Crippen molar-refractivity contribution in [3.05, 3.63) is 53.6 Å². The highest BCUT2D eigenvalue weighted by molar-refractivity contribution is 7.89. The molecule has 0 atom stereocenters. The Hall–Kier alpha value is -2.54. The number of hydrogen-bond donors (Lipinski definition) is 2. The molecule has 0 aromatic heterocycles. The van der Waals surface area contributed by atoms with Gasteiger partial charge in [0.2, 0.25) is 0 Å². The van der Waals surface area contributed by atoms with Gasteiger partial charge < -0.3 is 9.84 Å². The molecule has 7 heteroatoms. The van der Waals surface area contributed by atoms with E-state index in [0.29, 0.717) is 17.0 Å². The number of nitrogens with zero attached hydrogens (tertiary/aromatic N) is 1. The predicted molar refractivity (Wildman–Crippen MR) is 88.4 cm³/mol. The van der Waals surface area contributed by atoms with Crippen LogP contribution in [-0.2, 0) is 10.0 Å². The molecular formula is C16H18N2O4S. The van der Waals surface area contributed by atoms with E-state index in [2.05, 4.69) is 9.93 Å². The first-order valence-corrected chi connectivity index (χ1v) is 8.32. The minimum atomic E-state index is -3.72. The lowest BCUT2D eigenvalue weighted by Gasteiger charge is -2.08. The molecule has 6 nitrogen and oxygen atoms in total. The maximum atomic E-state index is 12.2. The fourth-order valence-corrected chi connectivity index (χ4v) is 2.72. The van der Waals surface area contributed by atoms with E-state index < -0.39 is 10.0 Å². The van der Waals surface area contributed by atoms with Crippen LogP contribution in [0.1, 0.15) is 18.1 Å². The molecule has 0 unspecified atom stereocenters. The number of phenolic OH excluding ortho intramolecular Hbond substituents is 1. The van der Waals surface area contributed by atoms with Crippen molar-refractivity contribution >= 4 is 15.7 Å². The van der Waals surface area contributed by atoms with Gasteiger partial charge in [0, 0.05) is 5.56 Å². The molecule has 0 aliphatic heterocycles. The molecule has 23 heavy (non-hydrogen) atoms. The van der Waals surface area contributed by atoms with Gasteiger partial charge in [-0.05, 0) is 44.2 Å². The third-order valence-electron chi connectivity index (χ3n) is 3.26. The zero-order valence-corrected chi connectivity index (χ0v) is 13.9. The smallest absolute Gasteiger partial charge is 0.276 e. The average molecular weight is 334 g/mol. The van der Waals surface area contributed by atoms with Crippen molar-refractivity contribution in [1.29, 1.82) is 0 Å². The van der Waals surface area contributed by atoms with Crippen molar-refractivity contribution in [3.63, 3.8) is 0 Å². The fraction of sp³-hybridized carbons (Fsp3) is 0.188. The topological polar surface area (TPSA) is 88.0 Å². The molecule has 0 saturated heterocycles. The zero-order valence-electron chi connectivity index (χ0n) is 13.1. The molecule has 0 radical (unpaired) electrons. The monoisotopic (exact) mass is 334 g/mol. The summed E-state index contributed by atoms with van der Waals surface area (Å²) in [5.41, 5.74) is 2.05. The van der Waals surface area contributed by atoms with E-state index >= 15 is 0 Å². The molecular weight excluding hydrogens is 316 g/mol. The number of sulfonamides is 1. The van der Waals surface area contributed by atoms with Gasteiger partial charge in [-0.3, -0.25) is 0 Å². The summed E-state index contributed by atoms with van der Waals surface area (Å²) >= 11 is 0. The van der Waals surface area contributed by atoms with Crippen molar-refractivity contribution in [2.45, 2.75) is 18.7 Å². The van der Waals surface area contributed by atoms with Crippen LogP contribution in [0.4, 0.5) is 0 Å². The molecule has 0 saturated carbocycles. The van der Waals surface area contributed by atoms with E-state index in [4.69, 9.17) is 4.74 Å². The van der Waals surface area contributed by atoms with Gasteiger partial charge in [-0.15, -0.1) is 0 Å². The third-order valence-corrected chi connectivity index (χ3v) is 4.49. The Morgan fingerprint density at radius 2 is 1.83 bits per heavy atom. The SMILES string of the molecule is COc1cc(C(C)=NNS(=O)(=O)c2ccc(C)cc2)ccc1O. The zero-order chi connectivity index (χ0) is 17.0. The molecule has 0 amide bonds. The van der Waals surface area contributed by atoms with E-state index in [1.807, 2.05) is 6.92 Å². The Kier molecular flexibility index (Phi) is 4.90. The van der Waals surface area contributed by atoms with Crippen molar-refractivity contribution < 1.29 is 18.3 Å². The second-order valence-corrected chi connectivity index (χ2v) is 6.65. The van der Waals surface area contributed by atoms with Crippen molar-refractivity contribution in [1.82, 2.24) is 4.83 Å². The van der Waals surface area contributed by atoms with E-state index in [9.17, 15) is 13.5 Å². The van der Waals surface area contributed by atoms with Crippen molar-refractivity contribution in [2.75, 3.05) is 7.11 Å². The number of benzene rings is 2. The van der Waals surface area contributed by atoms with Crippen LogP contribution in [0.3, 0.4) is 0 Å². The summed E-state index contributed by atoms with van der Waals surface area (Å²) < 4.78 is 29.4.